The van der Waals surface area contributed by atoms with E-state index in [0.717, 1.165) is 11.4 Å². The van der Waals surface area contributed by atoms with Gasteiger partial charge in [0.05, 0.1) is 0 Å². The van der Waals surface area contributed by atoms with Crippen LogP contribution in [0.3, 0.4) is 0 Å². The first-order chi connectivity index (χ1) is 13.7. The van der Waals surface area contributed by atoms with Gasteiger partial charge in [0.15, 0.2) is 0 Å². The van der Waals surface area contributed by atoms with Crippen LogP contribution in [0, 0.1) is 6.92 Å². The third-order valence-corrected chi connectivity index (χ3v) is 5.23. The van der Waals surface area contributed by atoms with Crippen molar-refractivity contribution in [2.75, 3.05) is 55.4 Å². The number of halogens is 1. The fraction of sp³-hybridized carbons (Fsp3) is 0.500. The van der Waals surface area contributed by atoms with E-state index in [1.165, 1.54) is 0 Å². The number of urea groups is 1. The van der Waals surface area contributed by atoms with E-state index >= 15 is 0 Å². The highest BCUT2D eigenvalue weighted by Gasteiger charge is 2.24. The summed E-state index contributed by atoms with van der Waals surface area (Å²) in [6, 6.07) is 5.39. The Balaban J connectivity index is 1.65. The van der Waals surface area contributed by atoms with Crippen molar-refractivity contribution in [3.8, 4) is 0 Å². The lowest BCUT2D eigenvalue weighted by molar-refractivity contribution is 0.208. The molecule has 29 heavy (non-hydrogen) atoms. The number of rotatable bonds is 4. The summed E-state index contributed by atoms with van der Waals surface area (Å²) >= 11 is 6.15. The predicted molar refractivity (Wildman–Crippen MR) is 117 cm³/mol. The highest BCUT2D eigenvalue weighted by molar-refractivity contribution is 6.31. The minimum absolute atomic E-state index is 0.128. The zero-order valence-corrected chi connectivity index (χ0v) is 18.4. The topological polar surface area (TPSA) is 77.5 Å². The summed E-state index contributed by atoms with van der Waals surface area (Å²) in [7, 11) is 3.84. The molecule has 3 rings (SSSR count). The van der Waals surface area contributed by atoms with Crippen molar-refractivity contribution in [2.24, 2.45) is 0 Å². The maximum absolute atomic E-state index is 12.6. The number of carbonyl (C=O) groups is 1. The lowest BCUT2D eigenvalue weighted by Crippen LogP contribution is -2.50. The summed E-state index contributed by atoms with van der Waals surface area (Å²) in [6.45, 7) is 8.57. The van der Waals surface area contributed by atoms with Gasteiger partial charge in [-0.15, -0.1) is 0 Å². The highest BCUT2D eigenvalue weighted by atomic mass is 35.5. The third kappa shape index (κ3) is 5.06. The van der Waals surface area contributed by atoms with Crippen LogP contribution in [0.15, 0.2) is 18.2 Å². The maximum Gasteiger partial charge on any atom is 0.321 e. The van der Waals surface area contributed by atoms with Crippen LogP contribution in [0.1, 0.15) is 31.2 Å². The number of carbonyl (C=O) groups excluding carboxylic acids is 1. The van der Waals surface area contributed by atoms with Gasteiger partial charge in [0.25, 0.3) is 0 Å². The molecular formula is C20H28ClN7O. The molecule has 0 saturated carbocycles. The van der Waals surface area contributed by atoms with Gasteiger partial charge < -0.3 is 20.0 Å². The molecule has 0 spiro atoms. The lowest BCUT2D eigenvalue weighted by atomic mass is 10.2. The van der Waals surface area contributed by atoms with Crippen LogP contribution in [0.2, 0.25) is 5.02 Å². The van der Waals surface area contributed by atoms with Crippen molar-refractivity contribution >= 4 is 35.2 Å². The SMILES string of the molecule is Cc1ccc(NC(=O)N2CCN(c3nc(C(C)C)nc(N(C)C)n3)CC2)cc1Cl. The summed E-state index contributed by atoms with van der Waals surface area (Å²) < 4.78 is 0. The molecule has 1 aromatic heterocycles. The predicted octanol–water partition coefficient (Wildman–Crippen LogP) is 3.38. The summed E-state index contributed by atoms with van der Waals surface area (Å²) in [6.07, 6.45) is 0. The largest absolute Gasteiger partial charge is 0.347 e. The molecule has 1 saturated heterocycles. The number of hydrogen-bond acceptors (Lipinski definition) is 6. The van der Waals surface area contributed by atoms with E-state index in [2.05, 4.69) is 39.0 Å². The van der Waals surface area contributed by atoms with Crippen LogP contribution in [-0.2, 0) is 0 Å². The average Bonchev–Trinajstić information content (AvgIpc) is 2.70. The molecule has 2 amide bonds. The molecule has 156 valence electrons. The maximum atomic E-state index is 12.6. The van der Waals surface area contributed by atoms with E-state index in [-0.39, 0.29) is 11.9 Å². The van der Waals surface area contributed by atoms with Crippen molar-refractivity contribution in [1.82, 2.24) is 19.9 Å². The number of anilines is 3. The number of benzene rings is 1. The first kappa shape index (κ1) is 21.1. The number of aromatic nitrogens is 3. The molecule has 9 heteroatoms. The normalized spacial score (nSPS) is 14.3. The van der Waals surface area contributed by atoms with Gasteiger partial charge in [-0.2, -0.15) is 15.0 Å². The third-order valence-electron chi connectivity index (χ3n) is 4.82. The van der Waals surface area contributed by atoms with Crippen LogP contribution in [-0.4, -0.2) is 66.2 Å². The van der Waals surface area contributed by atoms with E-state index < -0.39 is 0 Å². The smallest absolute Gasteiger partial charge is 0.321 e. The minimum Gasteiger partial charge on any atom is -0.347 e. The Morgan fingerprint density at radius 1 is 1.14 bits per heavy atom. The Hall–Kier alpha value is -2.61. The van der Waals surface area contributed by atoms with E-state index in [4.69, 9.17) is 11.6 Å². The van der Waals surface area contributed by atoms with Gasteiger partial charge in [0, 0.05) is 56.9 Å². The number of nitrogens with zero attached hydrogens (tertiary/aromatic N) is 6. The first-order valence-corrected chi connectivity index (χ1v) is 10.1. The van der Waals surface area contributed by atoms with Crippen molar-refractivity contribution in [2.45, 2.75) is 26.7 Å². The number of nitrogens with one attached hydrogen (secondary N) is 1. The Morgan fingerprint density at radius 2 is 1.83 bits per heavy atom. The average molecular weight is 418 g/mol. The quantitative estimate of drug-likeness (QED) is 0.821. The Kier molecular flexibility index (Phi) is 6.42. The second kappa shape index (κ2) is 8.82. The van der Waals surface area contributed by atoms with Gasteiger partial charge in [0.1, 0.15) is 5.82 Å². The zero-order valence-electron chi connectivity index (χ0n) is 17.6. The summed E-state index contributed by atoms with van der Waals surface area (Å²) in [5.74, 6) is 2.30. The van der Waals surface area contributed by atoms with Crippen LogP contribution in [0.4, 0.5) is 22.4 Å². The Morgan fingerprint density at radius 3 is 2.41 bits per heavy atom. The second-order valence-corrected chi connectivity index (χ2v) is 8.12. The Bertz CT molecular complexity index is 853. The van der Waals surface area contributed by atoms with Crippen LogP contribution in [0.25, 0.3) is 0 Å². The van der Waals surface area contributed by atoms with Gasteiger partial charge in [-0.1, -0.05) is 31.5 Å². The monoisotopic (exact) mass is 417 g/mol. The van der Waals surface area contributed by atoms with E-state index in [1.807, 2.05) is 38.1 Å². The number of amides is 2. The first-order valence-electron chi connectivity index (χ1n) is 9.75. The molecule has 0 radical (unpaired) electrons. The molecule has 1 aliphatic heterocycles. The molecule has 8 nitrogen and oxygen atoms in total. The van der Waals surface area contributed by atoms with Gasteiger partial charge in [-0.25, -0.2) is 4.79 Å². The van der Waals surface area contributed by atoms with Crippen molar-refractivity contribution in [1.29, 1.82) is 0 Å². The lowest BCUT2D eigenvalue weighted by Gasteiger charge is -2.35. The molecule has 0 unspecified atom stereocenters. The molecule has 2 heterocycles. The fourth-order valence-electron chi connectivity index (χ4n) is 2.95. The number of hydrogen-bond donors (Lipinski definition) is 1. The zero-order chi connectivity index (χ0) is 21.1. The van der Waals surface area contributed by atoms with Gasteiger partial charge in [-0.05, 0) is 24.6 Å². The van der Waals surface area contributed by atoms with E-state index in [0.29, 0.717) is 48.8 Å². The summed E-state index contributed by atoms with van der Waals surface area (Å²) in [5, 5.41) is 3.56. The van der Waals surface area contributed by atoms with E-state index in [9.17, 15) is 4.79 Å². The van der Waals surface area contributed by atoms with Gasteiger partial charge in [-0.3, -0.25) is 0 Å². The van der Waals surface area contributed by atoms with Crippen molar-refractivity contribution in [3.63, 3.8) is 0 Å². The summed E-state index contributed by atoms with van der Waals surface area (Å²) in [4.78, 5) is 32.1. The molecule has 1 aliphatic rings. The molecule has 0 bridgehead atoms. The number of aryl methyl sites for hydroxylation is 1. The molecular weight excluding hydrogens is 390 g/mol. The van der Waals surface area contributed by atoms with Crippen LogP contribution in [0.5, 0.6) is 0 Å². The number of piperazine rings is 1. The highest BCUT2D eigenvalue weighted by Crippen LogP contribution is 2.21. The van der Waals surface area contributed by atoms with Crippen LogP contribution < -0.4 is 15.1 Å². The standard InChI is InChI=1S/C20H28ClN7O/c1-13(2)17-23-18(26(4)5)25-19(24-17)27-8-10-28(11-9-27)20(29)22-15-7-6-14(3)16(21)12-15/h6-7,12-13H,8-11H2,1-5H3,(H,22,29). The molecule has 2 aromatic rings. The fourth-order valence-corrected chi connectivity index (χ4v) is 3.13. The van der Waals surface area contributed by atoms with Gasteiger partial charge in [0.2, 0.25) is 11.9 Å². The molecule has 0 aliphatic carbocycles. The van der Waals surface area contributed by atoms with Crippen LogP contribution >= 0.6 is 11.6 Å². The molecule has 0 atom stereocenters. The molecule has 1 aromatic carbocycles. The Labute approximate surface area is 176 Å². The van der Waals surface area contributed by atoms with Crippen molar-refractivity contribution < 1.29 is 4.79 Å². The van der Waals surface area contributed by atoms with Gasteiger partial charge >= 0.3 is 6.03 Å². The molecule has 1 N–H and O–H groups in total. The van der Waals surface area contributed by atoms with Crippen molar-refractivity contribution in [3.05, 3.63) is 34.6 Å². The summed E-state index contributed by atoms with van der Waals surface area (Å²) in [5.41, 5.74) is 1.68. The molecule has 1 fully saturated rings. The second-order valence-electron chi connectivity index (χ2n) is 7.71. The van der Waals surface area contributed by atoms with E-state index in [1.54, 1.807) is 11.0 Å². The minimum atomic E-state index is -0.128.